The van der Waals surface area contributed by atoms with Crippen molar-refractivity contribution in [1.29, 1.82) is 0 Å². The number of carbonyl (C=O) groups is 2. The Kier molecular flexibility index (Phi) is 30.9. The number of amides is 3. The average Bonchev–Trinajstić information content (AvgIpc) is 3.69. The normalized spacial score (nSPS) is 18.2. The quantitative estimate of drug-likeness (QED) is 0.0600. The summed E-state index contributed by atoms with van der Waals surface area (Å²) in [5.41, 5.74) is 0. The highest BCUT2D eigenvalue weighted by atomic mass is 32.2. The third-order valence-corrected chi connectivity index (χ3v) is 9.08. The molecule has 16 nitrogen and oxygen atoms in total. The largest absolute Gasteiger partial charge is 0.379 e. The number of thioether (sulfide) groups is 1. The van der Waals surface area contributed by atoms with Crippen molar-refractivity contribution >= 4 is 23.7 Å². The highest BCUT2D eigenvalue weighted by Gasteiger charge is 2.42. The van der Waals surface area contributed by atoms with Crippen LogP contribution in [0.2, 0.25) is 0 Å². The van der Waals surface area contributed by atoms with Crippen molar-refractivity contribution < 1.29 is 61.7 Å². The summed E-state index contributed by atoms with van der Waals surface area (Å²) in [6, 6.07) is 0.410. The first-order chi connectivity index (χ1) is 25.2. The number of nitrogens with one attached hydrogen (secondary N) is 3. The monoisotopic (exact) mass is 755 g/mol. The fourth-order valence-electron chi connectivity index (χ4n) is 4.97. The summed E-state index contributed by atoms with van der Waals surface area (Å²) in [7, 11) is 0. The molecule has 0 aromatic rings. The molecule has 2 aliphatic rings. The maximum absolute atomic E-state index is 12.0. The molecule has 51 heavy (non-hydrogen) atoms. The number of hydrogen-bond donors (Lipinski definition) is 3. The van der Waals surface area contributed by atoms with E-state index >= 15 is 0 Å². The number of urea groups is 1. The van der Waals surface area contributed by atoms with Crippen LogP contribution in [0.5, 0.6) is 0 Å². The van der Waals surface area contributed by atoms with Gasteiger partial charge < -0.3 is 68.1 Å². The van der Waals surface area contributed by atoms with E-state index in [0.717, 1.165) is 25.0 Å². The van der Waals surface area contributed by atoms with Crippen LogP contribution in [0.15, 0.2) is 0 Å². The van der Waals surface area contributed by atoms with Crippen molar-refractivity contribution in [2.45, 2.75) is 49.9 Å². The van der Waals surface area contributed by atoms with Gasteiger partial charge in [0.25, 0.3) is 0 Å². The van der Waals surface area contributed by atoms with Crippen LogP contribution in [0.25, 0.3) is 0 Å². The van der Waals surface area contributed by atoms with E-state index in [2.05, 4.69) is 16.0 Å². The average molecular weight is 756 g/mol. The topological polar surface area (TPSA) is 172 Å². The number of carbonyl (C=O) groups excluding carboxylic acids is 2. The third-order valence-electron chi connectivity index (χ3n) is 7.57. The lowest BCUT2D eigenvalue weighted by Gasteiger charge is -2.16. The van der Waals surface area contributed by atoms with E-state index in [-0.39, 0.29) is 24.0 Å². The molecule has 0 spiro atoms. The molecule has 2 aliphatic heterocycles. The molecule has 0 aromatic heterocycles. The van der Waals surface area contributed by atoms with Crippen LogP contribution in [-0.4, -0.2) is 187 Å². The van der Waals surface area contributed by atoms with Crippen LogP contribution in [-0.2, 0) is 56.9 Å². The second kappa shape index (κ2) is 34.4. The molecule has 2 fully saturated rings. The summed E-state index contributed by atoms with van der Waals surface area (Å²) in [4.78, 5) is 23.5. The molecule has 2 rings (SSSR count). The van der Waals surface area contributed by atoms with Crippen LogP contribution in [0, 0.1) is 0 Å². The molecule has 3 N–H and O–H groups in total. The van der Waals surface area contributed by atoms with E-state index in [4.69, 9.17) is 52.1 Å². The Labute approximate surface area is 308 Å². The maximum Gasteiger partial charge on any atom is 0.315 e. The minimum atomic E-state index is -0.0598. The van der Waals surface area contributed by atoms with Crippen LogP contribution < -0.4 is 16.0 Å². The second-order valence-corrected chi connectivity index (χ2v) is 12.8. The first-order valence-electron chi connectivity index (χ1n) is 18.5. The summed E-state index contributed by atoms with van der Waals surface area (Å²) >= 11 is 1.90. The van der Waals surface area contributed by atoms with Gasteiger partial charge in [0.1, 0.15) is 0 Å². The predicted octanol–water partition coefficient (Wildman–Crippen LogP) is 1.03. The number of ether oxygens (including phenoxy) is 11. The van der Waals surface area contributed by atoms with Crippen molar-refractivity contribution in [3.8, 4) is 0 Å². The van der Waals surface area contributed by atoms with Crippen molar-refractivity contribution in [3.63, 3.8) is 0 Å². The highest BCUT2D eigenvalue weighted by molar-refractivity contribution is 8.00. The zero-order chi connectivity index (χ0) is 36.3. The molecule has 2 heterocycles. The van der Waals surface area contributed by atoms with Gasteiger partial charge in [0.15, 0.2) is 0 Å². The van der Waals surface area contributed by atoms with Gasteiger partial charge in [-0.2, -0.15) is 11.8 Å². The lowest BCUT2D eigenvalue weighted by molar-refractivity contribution is -0.121. The Morgan fingerprint density at radius 1 is 0.588 bits per heavy atom. The molecule has 2 saturated heterocycles. The smallest absolute Gasteiger partial charge is 0.315 e. The van der Waals surface area contributed by atoms with E-state index in [1.54, 1.807) is 0 Å². The van der Waals surface area contributed by atoms with Gasteiger partial charge in [-0.3, -0.25) is 4.79 Å². The number of fused-ring (bicyclic) bond motifs is 1. The first-order valence-corrected chi connectivity index (χ1v) is 19.6. The van der Waals surface area contributed by atoms with E-state index in [1.165, 1.54) is 0 Å². The van der Waals surface area contributed by atoms with Gasteiger partial charge in [0.2, 0.25) is 5.91 Å². The summed E-state index contributed by atoms with van der Waals surface area (Å²) in [6.07, 6.45) is 3.34. The zero-order valence-electron chi connectivity index (χ0n) is 30.7. The Hall–Kier alpha value is -1.35. The molecule has 0 unspecified atom stereocenters. The van der Waals surface area contributed by atoms with Crippen molar-refractivity contribution in [3.05, 3.63) is 0 Å². The van der Waals surface area contributed by atoms with Gasteiger partial charge in [-0.25, -0.2) is 4.79 Å². The molecule has 0 aromatic carbocycles. The van der Waals surface area contributed by atoms with Crippen LogP contribution >= 0.6 is 11.8 Å². The zero-order valence-corrected chi connectivity index (χ0v) is 31.6. The fraction of sp³-hybridized carbons (Fsp3) is 0.941. The lowest BCUT2D eigenvalue weighted by Crippen LogP contribution is -2.36. The van der Waals surface area contributed by atoms with Crippen molar-refractivity contribution in [2.75, 3.05) is 158 Å². The second-order valence-electron chi connectivity index (χ2n) is 11.5. The van der Waals surface area contributed by atoms with Gasteiger partial charge in [0, 0.05) is 30.6 Å². The molecular weight excluding hydrogens is 690 g/mol. The Bertz CT molecular complexity index is 823. The van der Waals surface area contributed by atoms with E-state index < -0.39 is 0 Å². The Morgan fingerprint density at radius 2 is 0.980 bits per heavy atom. The standard InChI is InChI=1S/C34H65N3O13S/c1-2-40-9-10-42-13-14-44-17-18-46-21-22-48-25-26-50-28-27-49-24-23-47-20-19-45-16-15-43-12-11-41-8-7-35-32(38)6-4-3-5-31-33-30(29-51-31)36-34(39)37-33/h30-31,33H,2-29H2,1H3,(H,35,38)(H2,36,37,39)/t30-,31-,33-/m0/s1. The molecule has 300 valence electrons. The van der Waals surface area contributed by atoms with E-state index in [1.807, 2.05) is 18.7 Å². The molecular formula is C34H65N3O13S. The minimum Gasteiger partial charge on any atom is -0.379 e. The molecule has 3 amide bonds. The minimum absolute atomic E-state index is 0.0445. The molecule has 0 saturated carbocycles. The number of unbranched alkanes of at least 4 members (excludes halogenated alkanes) is 1. The van der Waals surface area contributed by atoms with E-state index in [0.29, 0.717) is 164 Å². The van der Waals surface area contributed by atoms with Crippen LogP contribution in [0.3, 0.4) is 0 Å². The Balaban J connectivity index is 1.15. The number of rotatable bonds is 39. The Morgan fingerprint density at radius 3 is 1.39 bits per heavy atom. The van der Waals surface area contributed by atoms with E-state index in [9.17, 15) is 9.59 Å². The van der Waals surface area contributed by atoms with Gasteiger partial charge in [-0.05, 0) is 19.8 Å². The number of hydrogen-bond acceptors (Lipinski definition) is 14. The molecule has 17 heteroatoms. The van der Waals surface area contributed by atoms with Crippen LogP contribution in [0.1, 0.15) is 32.6 Å². The van der Waals surface area contributed by atoms with Gasteiger partial charge in [0.05, 0.1) is 151 Å². The summed E-state index contributed by atoms with van der Waals surface area (Å²) in [6.45, 7) is 13.9. The maximum atomic E-state index is 12.0. The third kappa shape index (κ3) is 27.0. The summed E-state index contributed by atoms with van der Waals surface area (Å²) in [5.74, 6) is 1.00. The molecule has 0 aliphatic carbocycles. The van der Waals surface area contributed by atoms with Crippen molar-refractivity contribution in [2.24, 2.45) is 0 Å². The summed E-state index contributed by atoms with van der Waals surface area (Å²) in [5, 5.41) is 9.29. The van der Waals surface area contributed by atoms with Gasteiger partial charge in [-0.15, -0.1) is 0 Å². The van der Waals surface area contributed by atoms with Crippen LogP contribution in [0.4, 0.5) is 4.79 Å². The fourth-order valence-corrected chi connectivity index (χ4v) is 6.51. The van der Waals surface area contributed by atoms with Crippen molar-refractivity contribution in [1.82, 2.24) is 16.0 Å². The van der Waals surface area contributed by atoms with Gasteiger partial charge in [-0.1, -0.05) is 6.42 Å². The highest BCUT2D eigenvalue weighted by Crippen LogP contribution is 2.33. The summed E-state index contributed by atoms with van der Waals surface area (Å²) < 4.78 is 59.9. The molecule has 0 radical (unpaired) electrons. The molecule has 0 bridgehead atoms. The predicted molar refractivity (Wildman–Crippen MR) is 192 cm³/mol. The molecule has 3 atom stereocenters. The first kappa shape index (κ1) is 45.8. The van der Waals surface area contributed by atoms with Gasteiger partial charge >= 0.3 is 6.03 Å². The lowest BCUT2D eigenvalue weighted by atomic mass is 10.0. The SMILES string of the molecule is CCOCCOCCOCCOCCOCCOCCOCCOCCOCCOCCOCCNC(=O)CCCC[C@@H]1SC[C@@H]2NC(=O)N[C@@H]21.